The fourth-order valence-electron chi connectivity index (χ4n) is 9.93. The summed E-state index contributed by atoms with van der Waals surface area (Å²) in [4.78, 5) is 32.2. The lowest BCUT2D eigenvalue weighted by Gasteiger charge is -2.51. The van der Waals surface area contributed by atoms with Gasteiger partial charge in [-0.1, -0.05) is 18.6 Å². The highest BCUT2D eigenvalue weighted by Crippen LogP contribution is 2.53. The number of carbonyl (C=O) groups is 2. The molecule has 2 aromatic carbocycles. The van der Waals surface area contributed by atoms with Crippen LogP contribution in [0.1, 0.15) is 69.4 Å². The number of sulfone groups is 1. The van der Waals surface area contributed by atoms with Gasteiger partial charge in [0.2, 0.25) is 5.91 Å². The Morgan fingerprint density at radius 1 is 0.962 bits per heavy atom. The first-order valence-corrected chi connectivity index (χ1v) is 20.8. The second kappa shape index (κ2) is 15.3. The van der Waals surface area contributed by atoms with Crippen molar-refractivity contribution in [3.05, 3.63) is 59.4 Å². The summed E-state index contributed by atoms with van der Waals surface area (Å²) in [5.74, 6) is 0.237. The zero-order valence-electron chi connectivity index (χ0n) is 30.6. The van der Waals surface area contributed by atoms with Crippen LogP contribution in [0, 0.1) is 29.5 Å². The number of halogens is 2. The number of carbonyl (C=O) groups excluding carboxylic acids is 2. The molecule has 2 aliphatic carbocycles. The number of esters is 1. The summed E-state index contributed by atoms with van der Waals surface area (Å²) in [5, 5.41) is 2.85. The van der Waals surface area contributed by atoms with Crippen LogP contribution in [0.2, 0.25) is 0 Å². The van der Waals surface area contributed by atoms with Gasteiger partial charge in [0.1, 0.15) is 12.0 Å². The second-order valence-corrected chi connectivity index (χ2v) is 18.4. The normalized spacial score (nSPS) is 25.0. The first kappa shape index (κ1) is 37.2. The molecule has 9 nitrogen and oxygen atoms in total. The van der Waals surface area contributed by atoms with Crippen LogP contribution in [-0.4, -0.2) is 101 Å². The summed E-state index contributed by atoms with van der Waals surface area (Å²) in [6.45, 7) is 7.61. The van der Waals surface area contributed by atoms with E-state index in [4.69, 9.17) is 4.74 Å². The molecule has 7 rings (SSSR count). The van der Waals surface area contributed by atoms with Gasteiger partial charge in [0.25, 0.3) is 0 Å². The third-order valence-electron chi connectivity index (χ3n) is 12.7. The van der Waals surface area contributed by atoms with E-state index in [0.717, 1.165) is 81.6 Å². The van der Waals surface area contributed by atoms with Crippen molar-refractivity contribution < 1.29 is 31.5 Å². The van der Waals surface area contributed by atoms with E-state index < -0.39 is 21.4 Å². The highest BCUT2D eigenvalue weighted by molar-refractivity contribution is 7.92. The van der Waals surface area contributed by atoms with E-state index in [9.17, 15) is 26.8 Å². The van der Waals surface area contributed by atoms with Gasteiger partial charge in [-0.05, 0) is 111 Å². The van der Waals surface area contributed by atoms with Crippen LogP contribution in [0.3, 0.4) is 0 Å². The number of alkyl halides is 1. The van der Waals surface area contributed by atoms with E-state index in [1.807, 2.05) is 23.1 Å². The SMILES string of the molecule is COC(=O)C[C@H]1CCC[C@@H]1[C@](CNC(C)=O)(c1cccc(F)c1)C1CCN(CC2CN(c3ccc(S(=O)(=O)C4CC4)c(CN4CC(F)C4)c3)C2)CC1. The second-order valence-electron chi connectivity index (χ2n) is 16.2. The van der Waals surface area contributed by atoms with Gasteiger partial charge in [0.05, 0.1) is 17.3 Å². The van der Waals surface area contributed by atoms with E-state index >= 15 is 0 Å². The lowest BCUT2D eigenvalue weighted by molar-refractivity contribution is -0.142. The van der Waals surface area contributed by atoms with Gasteiger partial charge in [-0.3, -0.25) is 14.5 Å². The molecule has 3 saturated heterocycles. The van der Waals surface area contributed by atoms with E-state index in [-0.39, 0.29) is 40.7 Å². The fraction of sp³-hybridized carbons (Fsp3) is 0.650. The molecule has 1 amide bonds. The number of amides is 1. The minimum absolute atomic E-state index is 0.0957. The maximum absolute atomic E-state index is 14.9. The summed E-state index contributed by atoms with van der Waals surface area (Å²) in [6, 6.07) is 12.6. The van der Waals surface area contributed by atoms with Crippen molar-refractivity contribution in [2.75, 3.05) is 64.4 Å². The molecule has 3 atom stereocenters. The topological polar surface area (TPSA) is 99.3 Å². The zero-order valence-corrected chi connectivity index (χ0v) is 31.4. The van der Waals surface area contributed by atoms with Crippen LogP contribution >= 0.6 is 0 Å². The van der Waals surface area contributed by atoms with Gasteiger partial charge >= 0.3 is 5.97 Å². The number of nitrogens with zero attached hydrogens (tertiary/aromatic N) is 3. The number of methoxy groups -OCH3 is 1. The molecule has 5 fully saturated rings. The van der Waals surface area contributed by atoms with Crippen molar-refractivity contribution in [3.63, 3.8) is 0 Å². The minimum Gasteiger partial charge on any atom is -0.469 e. The van der Waals surface area contributed by atoms with E-state index in [0.29, 0.717) is 56.3 Å². The molecule has 0 radical (unpaired) electrons. The summed E-state index contributed by atoms with van der Waals surface area (Å²) in [5.41, 5.74) is 2.19. The number of ether oxygens (including phenoxy) is 1. The quantitative estimate of drug-likeness (QED) is 0.267. The Bertz CT molecular complexity index is 1720. The molecule has 3 heterocycles. The van der Waals surface area contributed by atoms with Gasteiger partial charge < -0.3 is 19.9 Å². The predicted octanol–water partition coefficient (Wildman–Crippen LogP) is 5.12. The van der Waals surface area contributed by atoms with Crippen LogP contribution in [0.4, 0.5) is 14.5 Å². The Hall–Kier alpha value is -3.09. The van der Waals surface area contributed by atoms with Crippen LogP contribution < -0.4 is 10.2 Å². The molecule has 0 aromatic heterocycles. The molecular formula is C40H54F2N4O5S. The molecule has 2 saturated carbocycles. The molecule has 12 heteroatoms. The maximum Gasteiger partial charge on any atom is 0.305 e. The molecule has 0 unspecified atom stereocenters. The molecule has 284 valence electrons. The van der Waals surface area contributed by atoms with Gasteiger partial charge in [0, 0.05) is 76.2 Å². The number of rotatable bonds is 14. The summed E-state index contributed by atoms with van der Waals surface area (Å²) < 4.78 is 60.1. The van der Waals surface area contributed by atoms with Crippen molar-refractivity contribution in [1.82, 2.24) is 15.1 Å². The first-order valence-electron chi connectivity index (χ1n) is 19.2. The lowest BCUT2D eigenvalue weighted by Crippen LogP contribution is -2.56. The third-order valence-corrected chi connectivity index (χ3v) is 15.1. The Kier molecular flexibility index (Phi) is 11.0. The first-order chi connectivity index (χ1) is 25.0. The van der Waals surface area contributed by atoms with Crippen LogP contribution in [-0.2, 0) is 36.1 Å². The molecule has 52 heavy (non-hydrogen) atoms. The van der Waals surface area contributed by atoms with Crippen molar-refractivity contribution in [3.8, 4) is 0 Å². The third kappa shape index (κ3) is 7.76. The number of benzene rings is 2. The molecule has 5 aliphatic rings. The van der Waals surface area contributed by atoms with Gasteiger partial charge in [-0.2, -0.15) is 0 Å². The number of hydrogen-bond acceptors (Lipinski definition) is 8. The fourth-order valence-corrected chi connectivity index (χ4v) is 11.8. The van der Waals surface area contributed by atoms with Crippen molar-refractivity contribution >= 4 is 27.4 Å². The largest absolute Gasteiger partial charge is 0.469 e. The number of likely N-dealkylation sites (tertiary alicyclic amines) is 2. The van der Waals surface area contributed by atoms with Crippen molar-refractivity contribution in [2.24, 2.45) is 23.7 Å². The van der Waals surface area contributed by atoms with Crippen molar-refractivity contribution in [1.29, 1.82) is 0 Å². The van der Waals surface area contributed by atoms with E-state index in [1.165, 1.54) is 20.1 Å². The molecule has 1 N–H and O–H groups in total. The van der Waals surface area contributed by atoms with E-state index in [2.05, 4.69) is 15.1 Å². The van der Waals surface area contributed by atoms with E-state index in [1.54, 1.807) is 18.2 Å². The predicted molar refractivity (Wildman–Crippen MR) is 196 cm³/mol. The van der Waals surface area contributed by atoms with Crippen LogP contribution in [0.25, 0.3) is 0 Å². The lowest BCUT2D eigenvalue weighted by atomic mass is 9.57. The molecule has 2 aromatic rings. The van der Waals surface area contributed by atoms with Crippen LogP contribution in [0.5, 0.6) is 0 Å². The number of piperidine rings is 1. The molecular weight excluding hydrogens is 687 g/mol. The van der Waals surface area contributed by atoms with Gasteiger partial charge in [-0.25, -0.2) is 17.2 Å². The van der Waals surface area contributed by atoms with Gasteiger partial charge in [-0.15, -0.1) is 0 Å². The highest BCUT2D eigenvalue weighted by Gasteiger charge is 2.52. The smallest absolute Gasteiger partial charge is 0.305 e. The summed E-state index contributed by atoms with van der Waals surface area (Å²) >= 11 is 0. The summed E-state index contributed by atoms with van der Waals surface area (Å²) in [7, 11) is -1.94. The molecule has 0 bridgehead atoms. The van der Waals surface area contributed by atoms with Crippen molar-refractivity contribution in [2.45, 2.75) is 86.6 Å². The minimum atomic E-state index is -3.36. The molecule has 0 spiro atoms. The Balaban J connectivity index is 1.03. The summed E-state index contributed by atoms with van der Waals surface area (Å²) in [6.07, 6.45) is 5.53. The Morgan fingerprint density at radius 3 is 2.37 bits per heavy atom. The highest BCUT2D eigenvalue weighted by atomic mass is 32.2. The molecule has 3 aliphatic heterocycles. The number of anilines is 1. The monoisotopic (exact) mass is 740 g/mol. The van der Waals surface area contributed by atoms with Crippen LogP contribution in [0.15, 0.2) is 47.4 Å². The maximum atomic E-state index is 14.9. The zero-order chi connectivity index (χ0) is 36.6. The number of hydrogen-bond donors (Lipinski definition) is 1. The Morgan fingerprint density at radius 2 is 1.71 bits per heavy atom. The Labute approximate surface area is 307 Å². The van der Waals surface area contributed by atoms with Gasteiger partial charge in [0.15, 0.2) is 9.84 Å². The average Bonchev–Trinajstić information content (AvgIpc) is 3.86. The standard InChI is InChI=1S/C40H54F2N4O5S/c1-27(47)43-26-40(32-6-4-7-33(41)19-32,37-8-3-5-29(37)18-39(48)51-2)31-13-15-44(16-14-31)20-28-21-46(22-28)35-9-12-38(52(49,50)36-10-11-36)30(17-35)23-45-24-34(42)25-45/h4,6-7,9,12,17,19,28-29,31,34,36-37H,3,5,8,10-11,13-16,18,20-26H2,1-2H3,(H,43,47)/t29-,37+,40+/m1/s1. The number of nitrogens with one attached hydrogen (secondary N) is 1. The average molecular weight is 741 g/mol.